The molecule has 3 atom stereocenters. The molecule has 39 heavy (non-hydrogen) atoms. The lowest BCUT2D eigenvalue weighted by molar-refractivity contribution is 0.0123. The van der Waals surface area contributed by atoms with Gasteiger partial charge in [-0.3, -0.25) is 9.69 Å². The first kappa shape index (κ1) is 25.9. The molecule has 2 aliphatic heterocycles. The molecule has 0 saturated carbocycles. The largest absolute Gasteiger partial charge is 0.444 e. The summed E-state index contributed by atoms with van der Waals surface area (Å²) in [6.45, 7) is 9.36. The Hall–Kier alpha value is -3.33. The first-order valence-electron chi connectivity index (χ1n) is 13.9. The Bertz CT molecular complexity index is 1430. The summed E-state index contributed by atoms with van der Waals surface area (Å²) in [5, 5.41) is 4.07. The van der Waals surface area contributed by atoms with Crippen molar-refractivity contribution in [1.29, 1.82) is 0 Å². The van der Waals surface area contributed by atoms with Crippen LogP contribution in [0.3, 0.4) is 0 Å². The molecule has 2 saturated heterocycles. The fraction of sp³-hybridized carbons (Fsp3) is 0.500. The number of nitrogens with two attached hydrogens (primary N) is 1. The van der Waals surface area contributed by atoms with E-state index < -0.39 is 5.60 Å². The number of hydrogen-bond donors (Lipinski definition) is 2. The normalized spacial score (nSPS) is 22.6. The highest BCUT2D eigenvalue weighted by molar-refractivity contribution is 7.21. The van der Waals surface area contributed by atoms with Gasteiger partial charge in [-0.1, -0.05) is 6.07 Å². The predicted molar refractivity (Wildman–Crippen MR) is 156 cm³/mol. The number of nitrogens with one attached hydrogen (secondary N) is 1. The molecule has 3 aliphatic rings. The minimum absolute atomic E-state index is 0.0726. The summed E-state index contributed by atoms with van der Waals surface area (Å²) in [4.78, 5) is 36.2. The van der Waals surface area contributed by atoms with E-state index in [2.05, 4.69) is 33.4 Å². The van der Waals surface area contributed by atoms with Gasteiger partial charge in [0, 0.05) is 35.9 Å². The van der Waals surface area contributed by atoms with Crippen LogP contribution in [0.4, 0.5) is 16.2 Å². The molecular formula is C30H37N5O3S. The number of carbonyl (C=O) groups is 2. The quantitative estimate of drug-likeness (QED) is 0.475. The molecule has 1 aromatic carbocycles. The molecule has 1 aliphatic carbocycles. The molecule has 4 heterocycles. The van der Waals surface area contributed by atoms with Crippen LogP contribution in [-0.2, 0) is 17.6 Å². The molecular weight excluding hydrogens is 510 g/mol. The molecule has 3 N–H and O–H groups in total. The second-order valence-electron chi connectivity index (χ2n) is 12.2. The topological polar surface area (TPSA) is 101 Å². The van der Waals surface area contributed by atoms with Gasteiger partial charge in [-0.25, -0.2) is 9.78 Å². The van der Waals surface area contributed by atoms with Crippen LogP contribution in [0.15, 0.2) is 30.3 Å². The van der Waals surface area contributed by atoms with Gasteiger partial charge in [0.15, 0.2) is 0 Å². The second-order valence-corrected chi connectivity index (χ2v) is 13.2. The number of benzene rings is 1. The number of fused-ring (bicyclic) bond motifs is 4. The van der Waals surface area contributed by atoms with E-state index >= 15 is 0 Å². The number of thiophene rings is 1. The minimum atomic E-state index is -0.482. The number of anilines is 2. The van der Waals surface area contributed by atoms with Crippen LogP contribution in [0.25, 0.3) is 10.2 Å². The average molecular weight is 548 g/mol. The van der Waals surface area contributed by atoms with Gasteiger partial charge in [-0.05, 0) is 95.2 Å². The van der Waals surface area contributed by atoms with Crippen LogP contribution in [-0.4, -0.2) is 58.7 Å². The lowest BCUT2D eigenvalue weighted by atomic mass is 9.87. The molecule has 9 heteroatoms. The first-order valence-corrected chi connectivity index (χ1v) is 14.7. The highest BCUT2D eigenvalue weighted by Crippen LogP contribution is 2.36. The van der Waals surface area contributed by atoms with Crippen molar-refractivity contribution >= 4 is 44.9 Å². The van der Waals surface area contributed by atoms with Gasteiger partial charge in [0.1, 0.15) is 15.3 Å². The number of aromatic nitrogens is 1. The molecule has 2 bridgehead atoms. The molecule has 8 nitrogen and oxygen atoms in total. The van der Waals surface area contributed by atoms with Crippen LogP contribution < -0.4 is 16.0 Å². The monoisotopic (exact) mass is 547 g/mol. The van der Waals surface area contributed by atoms with Crippen molar-refractivity contribution in [3.63, 3.8) is 0 Å². The molecule has 2 amide bonds. The Labute approximate surface area is 233 Å². The number of nitrogen functional groups attached to an aromatic ring is 1. The summed E-state index contributed by atoms with van der Waals surface area (Å²) in [5.74, 6) is -0.114. The molecule has 2 aromatic heterocycles. The van der Waals surface area contributed by atoms with Crippen molar-refractivity contribution in [2.24, 2.45) is 0 Å². The van der Waals surface area contributed by atoms with Gasteiger partial charge in [-0.15, -0.1) is 11.3 Å². The summed E-state index contributed by atoms with van der Waals surface area (Å²) in [6, 6.07) is 11.0. The average Bonchev–Trinajstić information content (AvgIpc) is 3.34. The minimum Gasteiger partial charge on any atom is -0.444 e. The predicted octanol–water partition coefficient (Wildman–Crippen LogP) is 5.06. The maximum Gasteiger partial charge on any atom is 0.410 e. The number of nitrogens with zero attached hydrogens (tertiary/aromatic N) is 3. The zero-order chi connectivity index (χ0) is 27.5. The van der Waals surface area contributed by atoms with E-state index in [0.29, 0.717) is 10.6 Å². The van der Waals surface area contributed by atoms with Crippen LogP contribution in [0, 0.1) is 6.92 Å². The third-order valence-electron chi connectivity index (χ3n) is 8.14. The van der Waals surface area contributed by atoms with Crippen molar-refractivity contribution in [2.75, 3.05) is 23.7 Å². The van der Waals surface area contributed by atoms with Gasteiger partial charge in [0.2, 0.25) is 0 Å². The molecule has 0 radical (unpaired) electrons. The number of amides is 2. The number of rotatable bonds is 3. The zero-order valence-electron chi connectivity index (χ0n) is 23.1. The Morgan fingerprint density at radius 1 is 1.08 bits per heavy atom. The number of piperazine rings is 1. The fourth-order valence-corrected chi connectivity index (χ4v) is 7.34. The molecule has 3 aromatic rings. The zero-order valence-corrected chi connectivity index (χ0v) is 23.9. The SMILES string of the molecule is Cc1ccc2c(N)c(C(=O)NC3CCc4cc(N5CC6CCC(C5)N6C(=O)OC(C)(C)C)ccc4C3)sc2n1. The lowest BCUT2D eigenvalue weighted by Crippen LogP contribution is -2.56. The lowest BCUT2D eigenvalue weighted by Gasteiger charge is -2.42. The Morgan fingerprint density at radius 3 is 2.54 bits per heavy atom. The van der Waals surface area contributed by atoms with Gasteiger partial charge in [0.05, 0.1) is 17.8 Å². The number of aryl methyl sites for hydroxylation is 2. The number of hydrogen-bond acceptors (Lipinski definition) is 7. The van der Waals surface area contributed by atoms with Crippen LogP contribution in [0.2, 0.25) is 0 Å². The molecule has 6 rings (SSSR count). The van der Waals surface area contributed by atoms with E-state index in [1.807, 2.05) is 44.7 Å². The van der Waals surface area contributed by atoms with E-state index in [4.69, 9.17) is 10.5 Å². The van der Waals surface area contributed by atoms with E-state index in [0.717, 1.165) is 61.1 Å². The number of pyridine rings is 1. The summed E-state index contributed by atoms with van der Waals surface area (Å²) in [6.07, 6.45) is 4.47. The fourth-order valence-electron chi connectivity index (χ4n) is 6.30. The highest BCUT2D eigenvalue weighted by atomic mass is 32.1. The van der Waals surface area contributed by atoms with Crippen molar-refractivity contribution in [2.45, 2.75) is 83.5 Å². The van der Waals surface area contributed by atoms with Crippen LogP contribution in [0.1, 0.15) is 66.5 Å². The Balaban J connectivity index is 1.11. The van der Waals surface area contributed by atoms with Gasteiger partial charge in [-0.2, -0.15) is 0 Å². The standard InChI is InChI=1S/C30H37N5O3S/c1-17-5-12-24-25(31)26(39-28(24)32-17)27(36)33-20-8-6-19-14-21(9-7-18(19)13-20)34-15-22-10-11-23(16-34)35(22)29(37)38-30(2,3)4/h5,7,9,12,14,20,22-23H,6,8,10-11,13,15-16,31H2,1-4H3,(H,33,36). The van der Waals surface area contributed by atoms with E-state index in [1.54, 1.807) is 0 Å². The van der Waals surface area contributed by atoms with Crippen molar-refractivity contribution < 1.29 is 14.3 Å². The third-order valence-corrected chi connectivity index (χ3v) is 9.26. The molecule has 0 spiro atoms. The van der Waals surface area contributed by atoms with E-state index in [9.17, 15) is 9.59 Å². The third kappa shape index (κ3) is 5.04. The van der Waals surface area contributed by atoms with E-state index in [1.165, 1.54) is 28.2 Å². The first-order chi connectivity index (χ1) is 18.6. The summed E-state index contributed by atoms with van der Waals surface area (Å²) in [7, 11) is 0. The molecule has 2 fully saturated rings. The summed E-state index contributed by atoms with van der Waals surface area (Å²) in [5.41, 5.74) is 11.1. The summed E-state index contributed by atoms with van der Waals surface area (Å²) >= 11 is 1.36. The molecule has 206 valence electrons. The van der Waals surface area contributed by atoms with E-state index in [-0.39, 0.29) is 30.1 Å². The number of carbonyl (C=O) groups excluding carboxylic acids is 2. The van der Waals surface area contributed by atoms with Crippen molar-refractivity contribution in [3.05, 3.63) is 52.0 Å². The van der Waals surface area contributed by atoms with Crippen molar-refractivity contribution in [3.8, 4) is 0 Å². The molecule has 3 unspecified atom stereocenters. The second kappa shape index (κ2) is 9.70. The van der Waals surface area contributed by atoms with Crippen LogP contribution >= 0.6 is 11.3 Å². The van der Waals surface area contributed by atoms with Gasteiger partial charge in [0.25, 0.3) is 5.91 Å². The van der Waals surface area contributed by atoms with Gasteiger partial charge < -0.3 is 20.7 Å². The van der Waals surface area contributed by atoms with Crippen LogP contribution in [0.5, 0.6) is 0 Å². The maximum absolute atomic E-state index is 13.1. The van der Waals surface area contributed by atoms with Crippen molar-refractivity contribution in [1.82, 2.24) is 15.2 Å². The summed E-state index contributed by atoms with van der Waals surface area (Å²) < 4.78 is 5.69. The Kier molecular flexibility index (Phi) is 6.44. The highest BCUT2D eigenvalue weighted by Gasteiger charge is 2.44. The Morgan fingerprint density at radius 2 is 1.82 bits per heavy atom. The maximum atomic E-state index is 13.1. The smallest absolute Gasteiger partial charge is 0.410 e. The van der Waals surface area contributed by atoms with Gasteiger partial charge >= 0.3 is 6.09 Å². The number of ether oxygens (including phenoxy) is 1.